The van der Waals surface area contributed by atoms with E-state index in [-0.39, 0.29) is 11.3 Å². The predicted molar refractivity (Wildman–Crippen MR) is 80.5 cm³/mol. The molecule has 0 spiro atoms. The first-order valence-electron chi connectivity index (χ1n) is 8.22. The lowest BCUT2D eigenvalue weighted by Gasteiger charge is -2.28. The molecule has 1 atom stereocenters. The Kier molecular flexibility index (Phi) is 6.49. The van der Waals surface area contributed by atoms with Gasteiger partial charge in [0.15, 0.2) is 0 Å². The monoisotopic (exact) mass is 285 g/mol. The van der Waals surface area contributed by atoms with Crippen molar-refractivity contribution in [3.63, 3.8) is 0 Å². The molecule has 3 heteroatoms. The van der Waals surface area contributed by atoms with Crippen molar-refractivity contribution in [2.75, 3.05) is 13.1 Å². The molecular formula is C16H28ClNO. The van der Waals surface area contributed by atoms with Crippen LogP contribution >= 0.6 is 11.6 Å². The molecule has 1 aliphatic carbocycles. The minimum atomic E-state index is -0.267. The van der Waals surface area contributed by atoms with Gasteiger partial charge in [-0.15, -0.1) is 11.6 Å². The molecule has 0 aromatic carbocycles. The van der Waals surface area contributed by atoms with Crippen LogP contribution in [0.3, 0.4) is 0 Å². The zero-order valence-electron chi connectivity index (χ0n) is 12.1. The quantitative estimate of drug-likeness (QED) is 0.691. The zero-order chi connectivity index (χ0) is 13.5. The largest absolute Gasteiger partial charge is 0.341 e. The molecule has 0 bridgehead atoms. The topological polar surface area (TPSA) is 20.3 Å². The van der Waals surface area contributed by atoms with E-state index >= 15 is 0 Å². The average Bonchev–Trinajstić information content (AvgIpc) is 2.65. The Morgan fingerprint density at radius 3 is 1.89 bits per heavy atom. The van der Waals surface area contributed by atoms with Gasteiger partial charge in [0.25, 0.3) is 0 Å². The van der Waals surface area contributed by atoms with Crippen molar-refractivity contribution in [2.45, 2.75) is 76.0 Å². The molecule has 1 saturated heterocycles. The first-order valence-corrected chi connectivity index (χ1v) is 8.65. The number of carbonyl (C=O) groups excluding carboxylic acids is 1. The third kappa shape index (κ3) is 4.66. The van der Waals surface area contributed by atoms with Crippen LogP contribution in [0.5, 0.6) is 0 Å². The standard InChI is InChI=1S/C16H28ClNO/c17-15(14-10-6-2-1-3-7-11-14)16(19)18-12-8-4-5-9-13-18/h14-15H,1-13H2. The summed E-state index contributed by atoms with van der Waals surface area (Å²) in [6.07, 6.45) is 13.6. The molecule has 0 aromatic heterocycles. The molecule has 1 aliphatic heterocycles. The lowest BCUT2D eigenvalue weighted by atomic mass is 9.88. The SMILES string of the molecule is O=C(C(Cl)C1CCCCCCC1)N1CCCCCC1. The van der Waals surface area contributed by atoms with Crippen LogP contribution in [0.4, 0.5) is 0 Å². The minimum Gasteiger partial charge on any atom is -0.341 e. The molecule has 2 nitrogen and oxygen atoms in total. The zero-order valence-corrected chi connectivity index (χ0v) is 12.8. The third-order valence-corrected chi connectivity index (χ3v) is 5.26. The second-order valence-corrected chi connectivity index (χ2v) is 6.72. The van der Waals surface area contributed by atoms with E-state index < -0.39 is 0 Å². The molecule has 110 valence electrons. The lowest BCUT2D eigenvalue weighted by Crippen LogP contribution is -2.40. The van der Waals surface area contributed by atoms with Crippen LogP contribution in [0.2, 0.25) is 0 Å². The molecule has 2 fully saturated rings. The number of amides is 1. The normalized spacial score (nSPS) is 25.2. The third-order valence-electron chi connectivity index (χ3n) is 4.72. The fourth-order valence-corrected chi connectivity index (χ4v) is 3.84. The van der Waals surface area contributed by atoms with Crippen molar-refractivity contribution in [3.8, 4) is 0 Å². The Hall–Kier alpha value is -0.240. The highest BCUT2D eigenvalue weighted by molar-refractivity contribution is 6.30. The molecule has 0 radical (unpaired) electrons. The number of nitrogens with zero attached hydrogens (tertiary/aromatic N) is 1. The van der Waals surface area contributed by atoms with Crippen LogP contribution in [0.1, 0.15) is 70.6 Å². The van der Waals surface area contributed by atoms with Crippen LogP contribution in [0.15, 0.2) is 0 Å². The van der Waals surface area contributed by atoms with Crippen molar-refractivity contribution in [1.29, 1.82) is 0 Å². The van der Waals surface area contributed by atoms with Crippen molar-refractivity contribution in [2.24, 2.45) is 5.92 Å². The van der Waals surface area contributed by atoms with Gasteiger partial charge in [-0.1, -0.05) is 44.9 Å². The number of carbonyl (C=O) groups is 1. The Bertz CT molecular complexity index is 266. The molecule has 1 saturated carbocycles. The van der Waals surface area contributed by atoms with Crippen LogP contribution in [-0.2, 0) is 4.79 Å². The molecule has 0 aromatic rings. The van der Waals surface area contributed by atoms with Gasteiger partial charge in [0.05, 0.1) is 0 Å². The molecule has 19 heavy (non-hydrogen) atoms. The van der Waals surface area contributed by atoms with E-state index in [1.807, 2.05) is 4.90 Å². The highest BCUT2D eigenvalue weighted by Gasteiger charge is 2.30. The molecule has 0 N–H and O–H groups in total. The summed E-state index contributed by atoms with van der Waals surface area (Å²) in [4.78, 5) is 14.6. The molecule has 1 amide bonds. The second-order valence-electron chi connectivity index (χ2n) is 6.25. The number of likely N-dealkylation sites (tertiary alicyclic amines) is 1. The van der Waals surface area contributed by atoms with Crippen molar-refractivity contribution >= 4 is 17.5 Å². The average molecular weight is 286 g/mol. The number of rotatable bonds is 2. The van der Waals surface area contributed by atoms with E-state index in [1.54, 1.807) is 0 Å². The van der Waals surface area contributed by atoms with Crippen molar-refractivity contribution < 1.29 is 4.79 Å². The van der Waals surface area contributed by atoms with Gasteiger partial charge in [-0.25, -0.2) is 0 Å². The van der Waals surface area contributed by atoms with Gasteiger partial charge in [-0.3, -0.25) is 4.79 Å². The molecular weight excluding hydrogens is 258 g/mol. The number of halogens is 1. The number of hydrogen-bond donors (Lipinski definition) is 0. The van der Waals surface area contributed by atoms with Crippen molar-refractivity contribution in [1.82, 2.24) is 4.90 Å². The van der Waals surface area contributed by atoms with E-state index in [4.69, 9.17) is 11.6 Å². The predicted octanol–water partition coefficient (Wildman–Crippen LogP) is 4.36. The fourth-order valence-electron chi connectivity index (χ4n) is 3.45. The van der Waals surface area contributed by atoms with Gasteiger partial charge in [0.2, 0.25) is 5.91 Å². The molecule has 1 heterocycles. The van der Waals surface area contributed by atoms with E-state index in [0.29, 0.717) is 5.92 Å². The van der Waals surface area contributed by atoms with Crippen LogP contribution < -0.4 is 0 Å². The summed E-state index contributed by atoms with van der Waals surface area (Å²) >= 11 is 6.53. The molecule has 1 unspecified atom stereocenters. The Morgan fingerprint density at radius 2 is 1.32 bits per heavy atom. The van der Waals surface area contributed by atoms with Crippen LogP contribution in [0.25, 0.3) is 0 Å². The second kappa shape index (κ2) is 8.14. The van der Waals surface area contributed by atoms with Gasteiger partial charge in [-0.05, 0) is 31.6 Å². The van der Waals surface area contributed by atoms with Crippen LogP contribution in [-0.4, -0.2) is 29.3 Å². The minimum absolute atomic E-state index is 0.217. The van der Waals surface area contributed by atoms with E-state index in [9.17, 15) is 4.79 Å². The summed E-state index contributed by atoms with van der Waals surface area (Å²) in [5.74, 6) is 0.631. The summed E-state index contributed by atoms with van der Waals surface area (Å²) in [6.45, 7) is 1.85. The van der Waals surface area contributed by atoms with E-state index in [1.165, 1.54) is 44.9 Å². The maximum Gasteiger partial charge on any atom is 0.240 e. The van der Waals surface area contributed by atoms with Gasteiger partial charge in [0.1, 0.15) is 5.38 Å². The summed E-state index contributed by atoms with van der Waals surface area (Å²) in [5.41, 5.74) is 0. The maximum atomic E-state index is 12.5. The summed E-state index contributed by atoms with van der Waals surface area (Å²) < 4.78 is 0. The first-order chi connectivity index (χ1) is 9.29. The Labute approximate surface area is 122 Å². The fraction of sp³-hybridized carbons (Fsp3) is 0.938. The molecule has 2 rings (SSSR count). The van der Waals surface area contributed by atoms with Gasteiger partial charge >= 0.3 is 0 Å². The summed E-state index contributed by atoms with van der Waals surface area (Å²) in [5, 5.41) is -0.267. The van der Waals surface area contributed by atoms with Gasteiger partial charge < -0.3 is 4.90 Å². The Morgan fingerprint density at radius 1 is 0.842 bits per heavy atom. The molecule has 2 aliphatic rings. The highest BCUT2D eigenvalue weighted by Crippen LogP contribution is 2.29. The number of hydrogen-bond acceptors (Lipinski definition) is 1. The van der Waals surface area contributed by atoms with Crippen LogP contribution in [0, 0.1) is 5.92 Å². The number of alkyl halides is 1. The smallest absolute Gasteiger partial charge is 0.240 e. The lowest BCUT2D eigenvalue weighted by molar-refractivity contribution is -0.131. The van der Waals surface area contributed by atoms with Crippen molar-refractivity contribution in [3.05, 3.63) is 0 Å². The van der Waals surface area contributed by atoms with Gasteiger partial charge in [-0.2, -0.15) is 0 Å². The van der Waals surface area contributed by atoms with Gasteiger partial charge in [0, 0.05) is 13.1 Å². The summed E-state index contributed by atoms with van der Waals surface area (Å²) in [6, 6.07) is 0. The highest BCUT2D eigenvalue weighted by atomic mass is 35.5. The van der Waals surface area contributed by atoms with E-state index in [0.717, 1.165) is 38.8 Å². The van der Waals surface area contributed by atoms with E-state index in [2.05, 4.69) is 0 Å². The summed E-state index contributed by atoms with van der Waals surface area (Å²) in [7, 11) is 0. The Balaban J connectivity index is 1.88. The first kappa shape index (κ1) is 15.2. The maximum absolute atomic E-state index is 12.5.